The number of nitrogens with zero attached hydrogens (tertiary/aromatic N) is 1. The highest BCUT2D eigenvalue weighted by Crippen LogP contribution is 2.23. The number of carbonyl (C=O) groups is 1. The highest BCUT2D eigenvalue weighted by molar-refractivity contribution is 5.99. The van der Waals surface area contributed by atoms with Crippen LogP contribution >= 0.6 is 0 Å². The number of aryl methyl sites for hydroxylation is 1. The summed E-state index contributed by atoms with van der Waals surface area (Å²) < 4.78 is 6.57. The molecule has 0 fully saturated rings. The van der Waals surface area contributed by atoms with Gasteiger partial charge in [-0.3, -0.25) is 0 Å². The molecule has 1 aromatic carbocycles. The fourth-order valence-electron chi connectivity index (χ4n) is 1.72. The summed E-state index contributed by atoms with van der Waals surface area (Å²) in [4.78, 5) is 11.3. The normalized spacial score (nSPS) is 10.5. The van der Waals surface area contributed by atoms with Crippen LogP contribution in [0.2, 0.25) is 0 Å². The summed E-state index contributed by atoms with van der Waals surface area (Å²) in [6.45, 7) is 0. The van der Waals surface area contributed by atoms with Gasteiger partial charge in [-0.2, -0.15) is 0 Å². The number of anilines is 1. The lowest BCUT2D eigenvalue weighted by Gasteiger charge is -2.04. The maximum absolute atomic E-state index is 11.3. The Morgan fingerprint density at radius 3 is 2.87 bits per heavy atom. The number of hydrogen-bond acceptors (Lipinski definition) is 3. The highest BCUT2D eigenvalue weighted by atomic mass is 16.5. The molecule has 0 radical (unpaired) electrons. The van der Waals surface area contributed by atoms with Gasteiger partial charge in [-0.25, -0.2) is 4.79 Å². The average Bonchev–Trinajstić information content (AvgIpc) is 2.59. The highest BCUT2D eigenvalue weighted by Gasteiger charge is 2.10. The fourth-order valence-corrected chi connectivity index (χ4v) is 1.72. The molecule has 4 heteroatoms. The minimum absolute atomic E-state index is 0.368. The largest absolute Gasteiger partial charge is 0.465 e. The van der Waals surface area contributed by atoms with E-state index in [4.69, 9.17) is 5.73 Å². The number of carbonyl (C=O) groups excluding carboxylic acids is 1. The molecule has 0 unspecified atom stereocenters. The third-order valence-electron chi connectivity index (χ3n) is 2.42. The molecular weight excluding hydrogens is 192 g/mol. The van der Waals surface area contributed by atoms with E-state index in [9.17, 15) is 4.79 Å². The van der Waals surface area contributed by atoms with Crippen molar-refractivity contribution in [2.45, 2.75) is 0 Å². The monoisotopic (exact) mass is 204 g/mol. The Hall–Kier alpha value is -1.97. The molecule has 0 aliphatic carbocycles. The predicted molar refractivity (Wildman–Crippen MR) is 58.7 cm³/mol. The van der Waals surface area contributed by atoms with E-state index in [2.05, 4.69) is 4.74 Å². The number of hydrogen-bond donors (Lipinski definition) is 1. The van der Waals surface area contributed by atoms with Gasteiger partial charge in [0.05, 0.1) is 23.9 Å². The van der Waals surface area contributed by atoms with Crippen LogP contribution < -0.4 is 5.73 Å². The summed E-state index contributed by atoms with van der Waals surface area (Å²) in [5.41, 5.74) is 7.86. The van der Waals surface area contributed by atoms with E-state index < -0.39 is 0 Å². The Labute approximate surface area is 87.2 Å². The summed E-state index contributed by atoms with van der Waals surface area (Å²) in [7, 11) is 3.27. The standard InChI is InChI=1S/C11H12N2O2/c1-13-4-3-7-5-8(11(14)15-2)6-9(12)10(7)13/h3-6H,12H2,1-2H3. The summed E-state index contributed by atoms with van der Waals surface area (Å²) in [6, 6.07) is 5.32. The van der Waals surface area contributed by atoms with E-state index in [1.807, 2.05) is 23.9 Å². The summed E-state index contributed by atoms with van der Waals surface area (Å²) in [5.74, 6) is -0.368. The number of nitrogens with two attached hydrogens (primary N) is 1. The molecule has 2 rings (SSSR count). The first-order chi connectivity index (χ1) is 7.13. The van der Waals surface area contributed by atoms with E-state index in [1.165, 1.54) is 7.11 Å². The maximum Gasteiger partial charge on any atom is 0.337 e. The van der Waals surface area contributed by atoms with Gasteiger partial charge in [-0.15, -0.1) is 0 Å². The van der Waals surface area contributed by atoms with Crippen LogP contribution in [0.3, 0.4) is 0 Å². The van der Waals surface area contributed by atoms with Gasteiger partial charge in [0.2, 0.25) is 0 Å². The van der Waals surface area contributed by atoms with Crippen molar-refractivity contribution >= 4 is 22.6 Å². The van der Waals surface area contributed by atoms with Gasteiger partial charge >= 0.3 is 5.97 Å². The van der Waals surface area contributed by atoms with Crippen molar-refractivity contribution in [3.8, 4) is 0 Å². The molecule has 0 amide bonds. The van der Waals surface area contributed by atoms with Gasteiger partial charge in [-0.1, -0.05) is 0 Å². The molecule has 0 bridgehead atoms. The fraction of sp³-hybridized carbons (Fsp3) is 0.182. The molecule has 0 aliphatic heterocycles. The van der Waals surface area contributed by atoms with Gasteiger partial charge in [0, 0.05) is 18.6 Å². The first kappa shape index (κ1) is 9.58. The molecule has 78 valence electrons. The number of fused-ring (bicyclic) bond motifs is 1. The second-order valence-corrected chi connectivity index (χ2v) is 3.42. The number of methoxy groups -OCH3 is 1. The van der Waals surface area contributed by atoms with Crippen molar-refractivity contribution in [2.75, 3.05) is 12.8 Å². The lowest BCUT2D eigenvalue weighted by atomic mass is 10.1. The molecule has 1 aromatic heterocycles. The van der Waals surface area contributed by atoms with Gasteiger partial charge < -0.3 is 15.0 Å². The third kappa shape index (κ3) is 1.44. The Morgan fingerprint density at radius 1 is 1.47 bits per heavy atom. The maximum atomic E-state index is 11.3. The number of aromatic nitrogens is 1. The van der Waals surface area contributed by atoms with Crippen LogP contribution in [0.1, 0.15) is 10.4 Å². The number of ether oxygens (including phenoxy) is 1. The molecule has 0 aliphatic rings. The molecule has 4 nitrogen and oxygen atoms in total. The molecular formula is C11H12N2O2. The van der Waals surface area contributed by atoms with Gasteiger partial charge in [0.1, 0.15) is 0 Å². The number of esters is 1. The molecule has 0 spiro atoms. The third-order valence-corrected chi connectivity index (χ3v) is 2.42. The van der Waals surface area contributed by atoms with Crippen LogP contribution in [0.25, 0.3) is 10.9 Å². The smallest absolute Gasteiger partial charge is 0.337 e. The van der Waals surface area contributed by atoms with Crippen LogP contribution in [-0.2, 0) is 11.8 Å². The van der Waals surface area contributed by atoms with E-state index >= 15 is 0 Å². The lowest BCUT2D eigenvalue weighted by Crippen LogP contribution is -2.03. The first-order valence-electron chi connectivity index (χ1n) is 4.56. The van der Waals surface area contributed by atoms with Crippen molar-refractivity contribution in [2.24, 2.45) is 7.05 Å². The minimum Gasteiger partial charge on any atom is -0.465 e. The van der Waals surface area contributed by atoms with Crippen LogP contribution in [0, 0.1) is 0 Å². The Balaban J connectivity index is 2.68. The average molecular weight is 204 g/mol. The predicted octanol–water partition coefficient (Wildman–Crippen LogP) is 1.55. The summed E-state index contributed by atoms with van der Waals surface area (Å²) in [5, 5.41) is 0.943. The number of benzene rings is 1. The van der Waals surface area contributed by atoms with Crippen molar-refractivity contribution in [1.82, 2.24) is 4.57 Å². The van der Waals surface area contributed by atoms with E-state index in [0.717, 1.165) is 10.9 Å². The first-order valence-corrected chi connectivity index (χ1v) is 4.56. The van der Waals surface area contributed by atoms with Crippen LogP contribution in [0.4, 0.5) is 5.69 Å². The van der Waals surface area contributed by atoms with E-state index in [0.29, 0.717) is 11.3 Å². The van der Waals surface area contributed by atoms with Crippen molar-refractivity contribution in [1.29, 1.82) is 0 Å². The zero-order valence-electron chi connectivity index (χ0n) is 8.65. The number of rotatable bonds is 1. The van der Waals surface area contributed by atoms with Gasteiger partial charge in [-0.05, 0) is 18.2 Å². The van der Waals surface area contributed by atoms with E-state index in [1.54, 1.807) is 12.1 Å². The molecule has 0 saturated heterocycles. The molecule has 0 atom stereocenters. The Kier molecular flexibility index (Phi) is 2.11. The van der Waals surface area contributed by atoms with Crippen LogP contribution in [-0.4, -0.2) is 17.6 Å². The summed E-state index contributed by atoms with van der Waals surface area (Å²) in [6.07, 6.45) is 1.90. The molecule has 15 heavy (non-hydrogen) atoms. The van der Waals surface area contributed by atoms with Crippen LogP contribution in [0.5, 0.6) is 0 Å². The second-order valence-electron chi connectivity index (χ2n) is 3.42. The van der Waals surface area contributed by atoms with Gasteiger partial charge in [0.25, 0.3) is 0 Å². The summed E-state index contributed by atoms with van der Waals surface area (Å²) >= 11 is 0. The zero-order chi connectivity index (χ0) is 11.0. The van der Waals surface area contributed by atoms with Crippen LogP contribution in [0.15, 0.2) is 24.4 Å². The SMILES string of the molecule is COC(=O)c1cc(N)c2c(ccn2C)c1. The quantitative estimate of drug-likeness (QED) is 0.566. The Bertz CT molecular complexity index is 529. The van der Waals surface area contributed by atoms with Crippen molar-refractivity contribution in [3.63, 3.8) is 0 Å². The second kappa shape index (κ2) is 3.31. The Morgan fingerprint density at radius 2 is 2.20 bits per heavy atom. The topological polar surface area (TPSA) is 57.2 Å². The van der Waals surface area contributed by atoms with Crippen molar-refractivity contribution in [3.05, 3.63) is 30.0 Å². The van der Waals surface area contributed by atoms with Gasteiger partial charge in [0.15, 0.2) is 0 Å². The molecule has 1 heterocycles. The number of nitrogen functional groups attached to an aromatic ring is 1. The molecule has 2 N–H and O–H groups in total. The molecule has 0 saturated carbocycles. The zero-order valence-corrected chi connectivity index (χ0v) is 8.65. The van der Waals surface area contributed by atoms with Crippen molar-refractivity contribution < 1.29 is 9.53 Å². The minimum atomic E-state index is -0.368. The lowest BCUT2D eigenvalue weighted by molar-refractivity contribution is 0.0601. The molecule has 2 aromatic rings. The van der Waals surface area contributed by atoms with E-state index in [-0.39, 0.29) is 5.97 Å².